The van der Waals surface area contributed by atoms with Crippen molar-refractivity contribution in [2.45, 2.75) is 63.8 Å². The Hall–Kier alpha value is -1.40. The highest BCUT2D eigenvalue weighted by Crippen LogP contribution is 2.22. The predicted molar refractivity (Wildman–Crippen MR) is 108 cm³/mol. The van der Waals surface area contributed by atoms with Gasteiger partial charge in [0, 0.05) is 19.1 Å². The Morgan fingerprint density at radius 2 is 1.78 bits per heavy atom. The highest BCUT2D eigenvalue weighted by atomic mass is 32.2. The van der Waals surface area contributed by atoms with Gasteiger partial charge < -0.3 is 5.32 Å². The van der Waals surface area contributed by atoms with E-state index >= 15 is 0 Å². The van der Waals surface area contributed by atoms with Crippen molar-refractivity contribution >= 4 is 15.9 Å². The number of hydrogen-bond acceptors (Lipinski definition) is 3. The molecule has 1 aliphatic carbocycles. The number of carbonyl (C=O) groups is 1. The molecule has 1 aromatic carbocycles. The maximum Gasteiger partial charge on any atom is 0.224 e. The molecule has 3 rings (SSSR count). The van der Waals surface area contributed by atoms with Gasteiger partial charge in [-0.2, -0.15) is 0 Å². The number of nitrogens with one attached hydrogen (secondary N) is 1. The molecule has 1 saturated heterocycles. The summed E-state index contributed by atoms with van der Waals surface area (Å²) in [4.78, 5) is 12.6. The summed E-state index contributed by atoms with van der Waals surface area (Å²) in [6.07, 6.45) is 8.65. The van der Waals surface area contributed by atoms with Crippen molar-refractivity contribution in [1.29, 1.82) is 0 Å². The predicted octanol–water partition coefficient (Wildman–Crippen LogP) is 3.11. The second-order valence-electron chi connectivity index (χ2n) is 7.95. The van der Waals surface area contributed by atoms with Crippen molar-refractivity contribution in [3.05, 3.63) is 35.9 Å². The molecule has 1 atom stereocenters. The lowest BCUT2D eigenvalue weighted by molar-refractivity contribution is -0.127. The summed E-state index contributed by atoms with van der Waals surface area (Å²) in [5.74, 6) is -0.00515. The average molecular weight is 393 g/mol. The minimum atomic E-state index is -3.30. The fourth-order valence-electron chi connectivity index (χ4n) is 4.21. The third-order valence-electron chi connectivity index (χ3n) is 5.81. The molecule has 0 bridgehead atoms. The van der Waals surface area contributed by atoms with E-state index in [1.807, 2.05) is 30.3 Å². The lowest BCUT2D eigenvalue weighted by Crippen LogP contribution is -2.48. The number of carbonyl (C=O) groups excluding carboxylic acids is 1. The van der Waals surface area contributed by atoms with Crippen LogP contribution in [0.25, 0.3) is 0 Å². The van der Waals surface area contributed by atoms with Crippen LogP contribution in [0.5, 0.6) is 0 Å². The van der Waals surface area contributed by atoms with Crippen molar-refractivity contribution < 1.29 is 13.2 Å². The Morgan fingerprint density at radius 1 is 1.04 bits per heavy atom. The summed E-state index contributed by atoms with van der Waals surface area (Å²) in [5, 5.41) is 3.16. The van der Waals surface area contributed by atoms with Crippen LogP contribution in [-0.2, 0) is 21.2 Å². The second-order valence-corrected chi connectivity index (χ2v) is 10.0. The molecule has 1 unspecified atom stereocenters. The SMILES string of the molecule is O=C(NC1CCCCC1)C1CCCN(S(=O)(=O)CCCc2ccccc2)C1. The average Bonchev–Trinajstić information content (AvgIpc) is 2.69. The van der Waals surface area contributed by atoms with Gasteiger partial charge in [-0.3, -0.25) is 4.79 Å². The number of nitrogens with zero attached hydrogens (tertiary/aromatic N) is 1. The Bertz CT molecular complexity index is 699. The molecule has 1 aromatic rings. The van der Waals surface area contributed by atoms with Crippen LogP contribution in [-0.4, -0.2) is 43.5 Å². The fourth-order valence-corrected chi connectivity index (χ4v) is 5.79. The number of amides is 1. The number of rotatable bonds is 7. The summed E-state index contributed by atoms with van der Waals surface area (Å²) in [7, 11) is -3.30. The van der Waals surface area contributed by atoms with Crippen LogP contribution < -0.4 is 5.32 Å². The summed E-state index contributed by atoms with van der Waals surface area (Å²) in [6, 6.07) is 10.3. The smallest absolute Gasteiger partial charge is 0.224 e. The highest BCUT2D eigenvalue weighted by molar-refractivity contribution is 7.89. The molecule has 1 saturated carbocycles. The molecule has 0 aromatic heterocycles. The summed E-state index contributed by atoms with van der Waals surface area (Å²) in [5.41, 5.74) is 1.16. The molecule has 0 radical (unpaired) electrons. The first-order valence-corrected chi connectivity index (χ1v) is 12.0. The minimum absolute atomic E-state index is 0.0473. The van der Waals surface area contributed by atoms with E-state index in [-0.39, 0.29) is 23.6 Å². The Morgan fingerprint density at radius 3 is 2.52 bits per heavy atom. The van der Waals surface area contributed by atoms with Crippen LogP contribution in [0.15, 0.2) is 30.3 Å². The van der Waals surface area contributed by atoms with Crippen LogP contribution in [0.1, 0.15) is 56.9 Å². The molecule has 1 aliphatic heterocycles. The van der Waals surface area contributed by atoms with Gasteiger partial charge in [-0.1, -0.05) is 49.6 Å². The number of benzene rings is 1. The first kappa shape index (κ1) is 20.3. The van der Waals surface area contributed by atoms with E-state index in [9.17, 15) is 13.2 Å². The van der Waals surface area contributed by atoms with Gasteiger partial charge in [0.15, 0.2) is 0 Å². The first-order chi connectivity index (χ1) is 13.0. The molecule has 2 fully saturated rings. The summed E-state index contributed by atoms with van der Waals surface area (Å²) >= 11 is 0. The Kier molecular flexibility index (Phi) is 7.30. The molecule has 2 aliphatic rings. The monoisotopic (exact) mass is 392 g/mol. The van der Waals surface area contributed by atoms with E-state index in [2.05, 4.69) is 5.32 Å². The molecule has 6 heteroatoms. The van der Waals surface area contributed by atoms with E-state index in [0.717, 1.165) is 37.7 Å². The Balaban J connectivity index is 1.49. The fraction of sp³-hybridized carbons (Fsp3) is 0.667. The van der Waals surface area contributed by atoms with Gasteiger partial charge >= 0.3 is 0 Å². The number of piperidine rings is 1. The minimum Gasteiger partial charge on any atom is -0.353 e. The van der Waals surface area contributed by atoms with Crippen molar-refractivity contribution in [3.63, 3.8) is 0 Å². The largest absolute Gasteiger partial charge is 0.353 e. The maximum atomic E-state index is 12.7. The second kappa shape index (κ2) is 9.69. The standard InChI is InChI=1S/C21H32N2O3S/c24-21(22-20-13-5-2-6-14-20)19-12-7-15-23(17-19)27(25,26)16-8-11-18-9-3-1-4-10-18/h1,3-4,9-10,19-20H,2,5-8,11-17H2,(H,22,24). The lowest BCUT2D eigenvalue weighted by Gasteiger charge is -2.32. The highest BCUT2D eigenvalue weighted by Gasteiger charge is 2.32. The van der Waals surface area contributed by atoms with Gasteiger partial charge in [0.05, 0.1) is 11.7 Å². The lowest BCUT2D eigenvalue weighted by atomic mass is 9.93. The quantitative estimate of drug-likeness (QED) is 0.775. The molecular formula is C21H32N2O3S. The number of sulfonamides is 1. The third-order valence-corrected chi connectivity index (χ3v) is 7.73. The van der Waals surface area contributed by atoms with Crippen molar-refractivity contribution in [2.75, 3.05) is 18.8 Å². The zero-order valence-corrected chi connectivity index (χ0v) is 16.9. The van der Waals surface area contributed by atoms with E-state index < -0.39 is 10.0 Å². The molecule has 1 heterocycles. The van der Waals surface area contributed by atoms with Gasteiger partial charge in [-0.05, 0) is 44.1 Å². The zero-order valence-electron chi connectivity index (χ0n) is 16.1. The van der Waals surface area contributed by atoms with Crippen molar-refractivity contribution in [1.82, 2.24) is 9.62 Å². The van der Waals surface area contributed by atoms with Crippen LogP contribution in [0.4, 0.5) is 0 Å². The van der Waals surface area contributed by atoms with E-state index in [4.69, 9.17) is 0 Å². The third kappa shape index (κ3) is 6.04. The first-order valence-electron chi connectivity index (χ1n) is 10.4. The molecule has 150 valence electrons. The number of hydrogen-bond donors (Lipinski definition) is 1. The number of aryl methyl sites for hydroxylation is 1. The zero-order chi connectivity index (χ0) is 19.1. The van der Waals surface area contributed by atoms with Gasteiger partial charge in [0.1, 0.15) is 0 Å². The van der Waals surface area contributed by atoms with Crippen LogP contribution in [0.3, 0.4) is 0 Å². The molecule has 5 nitrogen and oxygen atoms in total. The Labute approximate surface area is 163 Å². The topological polar surface area (TPSA) is 66.5 Å². The molecule has 27 heavy (non-hydrogen) atoms. The molecule has 1 amide bonds. The van der Waals surface area contributed by atoms with Crippen LogP contribution in [0, 0.1) is 5.92 Å². The van der Waals surface area contributed by atoms with Crippen LogP contribution in [0.2, 0.25) is 0 Å². The van der Waals surface area contributed by atoms with Crippen LogP contribution >= 0.6 is 0 Å². The maximum absolute atomic E-state index is 12.7. The van der Waals surface area contributed by atoms with E-state index in [0.29, 0.717) is 19.5 Å². The summed E-state index contributed by atoms with van der Waals surface area (Å²) in [6.45, 7) is 0.882. The summed E-state index contributed by atoms with van der Waals surface area (Å²) < 4.78 is 27.0. The van der Waals surface area contributed by atoms with E-state index in [1.165, 1.54) is 19.3 Å². The van der Waals surface area contributed by atoms with E-state index in [1.54, 1.807) is 4.31 Å². The molecule has 1 N–H and O–H groups in total. The van der Waals surface area contributed by atoms with Gasteiger partial charge in [-0.15, -0.1) is 0 Å². The van der Waals surface area contributed by atoms with Gasteiger partial charge in [0.25, 0.3) is 0 Å². The van der Waals surface area contributed by atoms with Gasteiger partial charge in [-0.25, -0.2) is 12.7 Å². The van der Waals surface area contributed by atoms with Crippen molar-refractivity contribution in [2.24, 2.45) is 5.92 Å². The van der Waals surface area contributed by atoms with Crippen molar-refractivity contribution in [3.8, 4) is 0 Å². The van der Waals surface area contributed by atoms with Gasteiger partial charge in [0.2, 0.25) is 15.9 Å². The normalized spacial score (nSPS) is 22.4. The molecule has 0 spiro atoms. The molecular weight excluding hydrogens is 360 g/mol.